The van der Waals surface area contributed by atoms with Crippen molar-refractivity contribution in [3.8, 4) is 0 Å². The number of halogens is 2. The molecule has 0 saturated heterocycles. The van der Waals surface area contributed by atoms with Gasteiger partial charge in [0.15, 0.2) is 0 Å². The van der Waals surface area contributed by atoms with Crippen LogP contribution in [0.15, 0.2) is 18.2 Å². The maximum absolute atomic E-state index is 13.7. The standard InChI is InChI=1S/C15H24F2N2/c1-4-9-18-12(8-10-19(2)3)11-13-14(16)6-5-7-15(13)17/h5-7,12,18H,4,8-11H2,1-3H3. The lowest BCUT2D eigenvalue weighted by Gasteiger charge is -2.21. The summed E-state index contributed by atoms with van der Waals surface area (Å²) in [6.45, 7) is 3.85. The van der Waals surface area contributed by atoms with E-state index in [1.54, 1.807) is 0 Å². The van der Waals surface area contributed by atoms with Gasteiger partial charge in [0.05, 0.1) is 0 Å². The smallest absolute Gasteiger partial charge is 0.129 e. The normalized spacial score (nSPS) is 12.9. The number of nitrogens with one attached hydrogen (secondary N) is 1. The van der Waals surface area contributed by atoms with Gasteiger partial charge >= 0.3 is 0 Å². The molecule has 0 radical (unpaired) electrons. The summed E-state index contributed by atoms with van der Waals surface area (Å²) in [5.41, 5.74) is 0.190. The zero-order valence-electron chi connectivity index (χ0n) is 12.0. The SMILES string of the molecule is CCCNC(CCN(C)C)Cc1c(F)cccc1F. The molecule has 1 N–H and O–H groups in total. The second-order valence-corrected chi connectivity index (χ2v) is 5.15. The Bertz CT molecular complexity index is 360. The Hall–Kier alpha value is -1.00. The molecule has 1 rings (SSSR count). The highest BCUT2D eigenvalue weighted by Gasteiger charge is 2.15. The molecule has 2 nitrogen and oxygen atoms in total. The molecule has 1 aromatic carbocycles. The fraction of sp³-hybridized carbons (Fsp3) is 0.600. The summed E-state index contributed by atoms with van der Waals surface area (Å²) in [6.07, 6.45) is 2.28. The molecule has 0 bridgehead atoms. The van der Waals surface area contributed by atoms with Crippen molar-refractivity contribution >= 4 is 0 Å². The maximum atomic E-state index is 13.7. The van der Waals surface area contributed by atoms with Crippen LogP contribution in [0, 0.1) is 11.6 Å². The van der Waals surface area contributed by atoms with Crippen LogP contribution in [0.1, 0.15) is 25.3 Å². The van der Waals surface area contributed by atoms with Crippen LogP contribution in [0.5, 0.6) is 0 Å². The van der Waals surface area contributed by atoms with Crippen LogP contribution in [0.4, 0.5) is 8.78 Å². The lowest BCUT2D eigenvalue weighted by atomic mass is 10.0. The van der Waals surface area contributed by atoms with E-state index in [0.717, 1.165) is 25.9 Å². The van der Waals surface area contributed by atoms with Crippen molar-refractivity contribution in [3.05, 3.63) is 35.4 Å². The second kappa shape index (κ2) is 8.23. The third-order valence-electron chi connectivity index (χ3n) is 3.12. The summed E-state index contributed by atoms with van der Waals surface area (Å²) in [4.78, 5) is 2.08. The minimum absolute atomic E-state index is 0.105. The van der Waals surface area contributed by atoms with Crippen molar-refractivity contribution in [3.63, 3.8) is 0 Å². The highest BCUT2D eigenvalue weighted by molar-refractivity contribution is 5.20. The van der Waals surface area contributed by atoms with Gasteiger partial charge in [-0.05, 0) is 58.6 Å². The van der Waals surface area contributed by atoms with Crippen LogP contribution in [0.2, 0.25) is 0 Å². The Morgan fingerprint density at radius 3 is 2.37 bits per heavy atom. The van der Waals surface area contributed by atoms with Gasteiger partial charge in [0.1, 0.15) is 11.6 Å². The first-order valence-electron chi connectivity index (χ1n) is 6.85. The molecule has 0 spiro atoms. The van der Waals surface area contributed by atoms with Gasteiger partial charge in [-0.1, -0.05) is 13.0 Å². The van der Waals surface area contributed by atoms with E-state index in [1.165, 1.54) is 18.2 Å². The van der Waals surface area contributed by atoms with Crippen molar-refractivity contribution in [2.24, 2.45) is 0 Å². The van der Waals surface area contributed by atoms with Crippen LogP contribution < -0.4 is 5.32 Å². The molecule has 0 heterocycles. The molecule has 108 valence electrons. The van der Waals surface area contributed by atoms with E-state index in [9.17, 15) is 8.78 Å². The summed E-state index contributed by atoms with van der Waals surface area (Å²) in [6, 6.07) is 4.15. The Morgan fingerprint density at radius 1 is 1.21 bits per heavy atom. The van der Waals surface area contributed by atoms with E-state index in [0.29, 0.717) is 6.42 Å². The molecule has 1 unspecified atom stereocenters. The van der Waals surface area contributed by atoms with Gasteiger partial charge in [-0.25, -0.2) is 8.78 Å². The van der Waals surface area contributed by atoms with Gasteiger partial charge in [-0.2, -0.15) is 0 Å². The van der Waals surface area contributed by atoms with E-state index in [2.05, 4.69) is 17.1 Å². The molecule has 0 saturated carbocycles. The molecule has 0 aliphatic carbocycles. The van der Waals surface area contributed by atoms with Gasteiger partial charge < -0.3 is 10.2 Å². The third-order valence-corrected chi connectivity index (χ3v) is 3.12. The monoisotopic (exact) mass is 270 g/mol. The lowest BCUT2D eigenvalue weighted by molar-refractivity contribution is 0.353. The van der Waals surface area contributed by atoms with Crippen LogP contribution in [-0.4, -0.2) is 38.1 Å². The van der Waals surface area contributed by atoms with Gasteiger partial charge in [-0.3, -0.25) is 0 Å². The molecule has 19 heavy (non-hydrogen) atoms. The van der Waals surface area contributed by atoms with E-state index < -0.39 is 11.6 Å². The molecule has 1 atom stereocenters. The van der Waals surface area contributed by atoms with Crippen LogP contribution in [-0.2, 0) is 6.42 Å². The third kappa shape index (κ3) is 5.66. The average Bonchev–Trinajstić information content (AvgIpc) is 2.36. The fourth-order valence-corrected chi connectivity index (χ4v) is 2.01. The lowest BCUT2D eigenvalue weighted by Crippen LogP contribution is -2.35. The fourth-order valence-electron chi connectivity index (χ4n) is 2.01. The summed E-state index contributed by atoms with van der Waals surface area (Å²) in [5, 5.41) is 3.37. The number of nitrogens with zero attached hydrogens (tertiary/aromatic N) is 1. The molecule has 0 fully saturated rings. The highest BCUT2D eigenvalue weighted by atomic mass is 19.1. The highest BCUT2D eigenvalue weighted by Crippen LogP contribution is 2.15. The molecule has 4 heteroatoms. The van der Waals surface area contributed by atoms with Crippen molar-refractivity contribution < 1.29 is 8.78 Å². The molecular weight excluding hydrogens is 246 g/mol. The molecule has 0 amide bonds. The Morgan fingerprint density at radius 2 is 1.84 bits per heavy atom. The number of benzene rings is 1. The largest absolute Gasteiger partial charge is 0.314 e. The van der Waals surface area contributed by atoms with E-state index in [1.807, 2.05) is 14.1 Å². The molecular formula is C15H24F2N2. The summed E-state index contributed by atoms with van der Waals surface area (Å²) in [5.74, 6) is -0.902. The van der Waals surface area contributed by atoms with E-state index in [4.69, 9.17) is 0 Å². The first-order valence-corrected chi connectivity index (χ1v) is 6.85. The minimum atomic E-state index is -0.451. The second-order valence-electron chi connectivity index (χ2n) is 5.15. The van der Waals surface area contributed by atoms with E-state index >= 15 is 0 Å². The Balaban J connectivity index is 2.69. The van der Waals surface area contributed by atoms with E-state index in [-0.39, 0.29) is 11.6 Å². The zero-order valence-corrected chi connectivity index (χ0v) is 12.0. The topological polar surface area (TPSA) is 15.3 Å². The average molecular weight is 270 g/mol. The van der Waals surface area contributed by atoms with Crippen LogP contribution in [0.3, 0.4) is 0 Å². The van der Waals surface area contributed by atoms with Crippen LogP contribution >= 0.6 is 0 Å². The quantitative estimate of drug-likeness (QED) is 0.781. The van der Waals surface area contributed by atoms with Gasteiger partial charge in [0.2, 0.25) is 0 Å². The summed E-state index contributed by atoms with van der Waals surface area (Å²) >= 11 is 0. The molecule has 1 aromatic rings. The summed E-state index contributed by atoms with van der Waals surface area (Å²) < 4.78 is 27.3. The van der Waals surface area contributed by atoms with Crippen LogP contribution in [0.25, 0.3) is 0 Å². The first-order chi connectivity index (χ1) is 9.04. The maximum Gasteiger partial charge on any atom is 0.129 e. The van der Waals surface area contributed by atoms with Gasteiger partial charge in [0.25, 0.3) is 0 Å². The van der Waals surface area contributed by atoms with Gasteiger partial charge in [0, 0.05) is 11.6 Å². The Kier molecular flexibility index (Phi) is 6.95. The Labute approximate surface area is 114 Å². The molecule has 0 aliphatic rings. The summed E-state index contributed by atoms with van der Waals surface area (Å²) in [7, 11) is 4.00. The van der Waals surface area contributed by atoms with Crippen molar-refractivity contribution in [2.45, 2.75) is 32.2 Å². The predicted molar refractivity (Wildman–Crippen MR) is 75.3 cm³/mol. The number of hydrogen-bond acceptors (Lipinski definition) is 2. The first kappa shape index (κ1) is 16.1. The molecule has 0 aliphatic heterocycles. The minimum Gasteiger partial charge on any atom is -0.314 e. The van der Waals surface area contributed by atoms with Gasteiger partial charge in [-0.15, -0.1) is 0 Å². The van der Waals surface area contributed by atoms with Crippen molar-refractivity contribution in [1.29, 1.82) is 0 Å². The number of hydrogen-bond donors (Lipinski definition) is 1. The zero-order chi connectivity index (χ0) is 14.3. The molecule has 0 aromatic heterocycles. The van der Waals surface area contributed by atoms with Crippen molar-refractivity contribution in [2.75, 3.05) is 27.2 Å². The predicted octanol–water partition coefficient (Wildman–Crippen LogP) is 2.83. The number of rotatable bonds is 8. The van der Waals surface area contributed by atoms with Crippen molar-refractivity contribution in [1.82, 2.24) is 10.2 Å².